The molecular weight excluding hydrogens is 234 g/mol. The third kappa shape index (κ3) is 2.81. The van der Waals surface area contributed by atoms with E-state index >= 15 is 0 Å². The van der Waals surface area contributed by atoms with Gasteiger partial charge in [-0.25, -0.2) is 0 Å². The third-order valence-electron chi connectivity index (χ3n) is 2.49. The van der Waals surface area contributed by atoms with Crippen LogP contribution in [0, 0.1) is 0 Å². The molecule has 2 aromatic heterocycles. The van der Waals surface area contributed by atoms with Crippen LogP contribution in [0.1, 0.15) is 16.8 Å². The number of carbonyl (C=O) groups is 1. The first-order valence-corrected chi connectivity index (χ1v) is 6.45. The fourth-order valence-corrected chi connectivity index (χ4v) is 2.49. The average Bonchev–Trinajstić information content (AvgIpc) is 2.82. The van der Waals surface area contributed by atoms with Crippen molar-refractivity contribution in [2.24, 2.45) is 0 Å². The third-order valence-corrected chi connectivity index (χ3v) is 3.45. The van der Waals surface area contributed by atoms with Crippen LogP contribution in [0.3, 0.4) is 0 Å². The summed E-state index contributed by atoms with van der Waals surface area (Å²) in [4.78, 5) is 16.0. The van der Waals surface area contributed by atoms with Crippen LogP contribution in [0.2, 0.25) is 0 Å². The highest BCUT2D eigenvalue weighted by Crippen LogP contribution is 2.23. The van der Waals surface area contributed by atoms with Crippen molar-refractivity contribution >= 4 is 27.3 Å². The summed E-state index contributed by atoms with van der Waals surface area (Å²) in [5.41, 5.74) is 0.668. The molecule has 0 unspecified atom stereocenters. The second kappa shape index (κ2) is 5.75. The maximum atomic E-state index is 12.0. The molecule has 0 aromatic carbocycles. The van der Waals surface area contributed by atoms with E-state index in [4.69, 9.17) is 0 Å². The summed E-state index contributed by atoms with van der Waals surface area (Å²) in [6, 6.07) is 1.98. The van der Waals surface area contributed by atoms with Gasteiger partial charge in [0.15, 0.2) is 0 Å². The number of carbonyl (C=O) groups excluding carboxylic acids is 1. The monoisotopic (exact) mass is 249 g/mol. The van der Waals surface area contributed by atoms with E-state index in [1.165, 1.54) is 0 Å². The van der Waals surface area contributed by atoms with Gasteiger partial charge in [0, 0.05) is 24.3 Å². The quantitative estimate of drug-likeness (QED) is 0.792. The number of hydrogen-bond donors (Lipinski definition) is 2. The Balaban J connectivity index is 2.06. The number of nitrogens with one attached hydrogen (secondary N) is 2. The normalized spacial score (nSPS) is 10.6. The molecule has 5 heteroatoms. The van der Waals surface area contributed by atoms with Crippen LogP contribution >= 0.6 is 11.3 Å². The minimum absolute atomic E-state index is 0.0401. The topological polar surface area (TPSA) is 54.0 Å². The summed E-state index contributed by atoms with van der Waals surface area (Å²) in [6.45, 7) is 1.59. The van der Waals surface area contributed by atoms with Gasteiger partial charge >= 0.3 is 0 Å². The van der Waals surface area contributed by atoms with E-state index in [1.807, 2.05) is 18.5 Å². The van der Waals surface area contributed by atoms with E-state index in [0.717, 1.165) is 23.1 Å². The number of aromatic nitrogens is 1. The number of thiophene rings is 1. The summed E-state index contributed by atoms with van der Waals surface area (Å²) in [5, 5.41) is 8.95. The molecule has 2 N–H and O–H groups in total. The Morgan fingerprint density at radius 3 is 3.12 bits per heavy atom. The van der Waals surface area contributed by atoms with Crippen molar-refractivity contribution in [1.82, 2.24) is 15.6 Å². The fraction of sp³-hybridized carbons (Fsp3) is 0.333. The largest absolute Gasteiger partial charge is 0.352 e. The first-order chi connectivity index (χ1) is 8.33. The lowest BCUT2D eigenvalue weighted by molar-refractivity contribution is 0.0955. The minimum atomic E-state index is -0.0401. The van der Waals surface area contributed by atoms with E-state index < -0.39 is 0 Å². The van der Waals surface area contributed by atoms with Gasteiger partial charge in [-0.2, -0.15) is 0 Å². The van der Waals surface area contributed by atoms with E-state index in [0.29, 0.717) is 12.1 Å². The molecule has 0 radical (unpaired) electrons. The van der Waals surface area contributed by atoms with Gasteiger partial charge in [0.25, 0.3) is 5.91 Å². The standard InChI is InChI=1S/C12H15N3OS/c1-13-4-2-5-15-12(16)10-8-14-7-9-3-6-17-11(9)10/h3,6-8,13H,2,4-5H2,1H3,(H,15,16). The molecule has 17 heavy (non-hydrogen) atoms. The number of fused-ring (bicyclic) bond motifs is 1. The second-order valence-corrected chi connectivity index (χ2v) is 4.66. The predicted octanol–water partition coefficient (Wildman–Crippen LogP) is 1.64. The van der Waals surface area contributed by atoms with Crippen LogP contribution in [0.5, 0.6) is 0 Å². The van der Waals surface area contributed by atoms with Crippen molar-refractivity contribution < 1.29 is 4.79 Å². The number of pyridine rings is 1. The van der Waals surface area contributed by atoms with Crippen molar-refractivity contribution in [2.45, 2.75) is 6.42 Å². The van der Waals surface area contributed by atoms with Crippen molar-refractivity contribution in [1.29, 1.82) is 0 Å². The zero-order chi connectivity index (χ0) is 12.1. The summed E-state index contributed by atoms with van der Waals surface area (Å²) in [6.07, 6.45) is 4.34. The molecule has 0 fully saturated rings. The van der Waals surface area contributed by atoms with Crippen molar-refractivity contribution in [2.75, 3.05) is 20.1 Å². The lowest BCUT2D eigenvalue weighted by Crippen LogP contribution is -2.26. The zero-order valence-corrected chi connectivity index (χ0v) is 10.5. The molecule has 2 aromatic rings. The number of rotatable bonds is 5. The molecular formula is C12H15N3OS. The van der Waals surface area contributed by atoms with Crippen molar-refractivity contribution in [3.63, 3.8) is 0 Å². The van der Waals surface area contributed by atoms with Crippen LogP contribution in [0.25, 0.3) is 10.1 Å². The van der Waals surface area contributed by atoms with Gasteiger partial charge in [0.05, 0.1) is 10.3 Å². The first-order valence-electron chi connectivity index (χ1n) is 5.57. The molecule has 4 nitrogen and oxygen atoms in total. The lowest BCUT2D eigenvalue weighted by Gasteiger charge is -2.05. The van der Waals surface area contributed by atoms with Gasteiger partial charge in [-0.1, -0.05) is 0 Å². The molecule has 0 atom stereocenters. The number of hydrogen-bond acceptors (Lipinski definition) is 4. The number of nitrogens with zero attached hydrogens (tertiary/aromatic N) is 1. The molecule has 0 bridgehead atoms. The van der Waals surface area contributed by atoms with Gasteiger partial charge in [-0.15, -0.1) is 11.3 Å². The lowest BCUT2D eigenvalue weighted by atomic mass is 10.2. The van der Waals surface area contributed by atoms with Gasteiger partial charge in [0.2, 0.25) is 0 Å². The van der Waals surface area contributed by atoms with Gasteiger partial charge in [0.1, 0.15) is 0 Å². The smallest absolute Gasteiger partial charge is 0.254 e. The Labute approximate surface area is 104 Å². The predicted molar refractivity (Wildman–Crippen MR) is 70.5 cm³/mol. The fourth-order valence-electron chi connectivity index (χ4n) is 1.61. The highest BCUT2D eigenvalue weighted by molar-refractivity contribution is 7.17. The molecule has 0 aliphatic rings. The van der Waals surface area contributed by atoms with Gasteiger partial charge in [-0.05, 0) is 31.5 Å². The summed E-state index contributed by atoms with van der Waals surface area (Å²) < 4.78 is 1.01. The Morgan fingerprint density at radius 2 is 2.29 bits per heavy atom. The molecule has 0 aliphatic heterocycles. The zero-order valence-electron chi connectivity index (χ0n) is 9.69. The number of amides is 1. The molecule has 0 spiro atoms. The van der Waals surface area contributed by atoms with Crippen LogP contribution in [-0.2, 0) is 0 Å². The summed E-state index contributed by atoms with van der Waals surface area (Å²) in [5.74, 6) is -0.0401. The Kier molecular flexibility index (Phi) is 4.06. The highest BCUT2D eigenvalue weighted by atomic mass is 32.1. The molecule has 0 saturated carbocycles. The van der Waals surface area contributed by atoms with E-state index in [2.05, 4.69) is 15.6 Å². The first kappa shape index (κ1) is 12.0. The molecule has 1 amide bonds. The Hall–Kier alpha value is -1.46. The van der Waals surface area contributed by atoms with Crippen LogP contribution < -0.4 is 10.6 Å². The highest BCUT2D eigenvalue weighted by Gasteiger charge is 2.10. The Bertz CT molecular complexity index is 509. The van der Waals surface area contributed by atoms with Crippen LogP contribution in [-0.4, -0.2) is 31.0 Å². The Morgan fingerprint density at radius 1 is 1.41 bits per heavy atom. The maximum absolute atomic E-state index is 12.0. The van der Waals surface area contributed by atoms with Crippen LogP contribution in [0.15, 0.2) is 23.8 Å². The maximum Gasteiger partial charge on any atom is 0.254 e. The van der Waals surface area contributed by atoms with Crippen LogP contribution in [0.4, 0.5) is 0 Å². The molecule has 90 valence electrons. The van der Waals surface area contributed by atoms with Gasteiger partial charge in [-0.3, -0.25) is 9.78 Å². The molecule has 2 heterocycles. The average molecular weight is 249 g/mol. The summed E-state index contributed by atoms with van der Waals surface area (Å²) in [7, 11) is 1.90. The SMILES string of the molecule is CNCCCNC(=O)c1cncc2ccsc12. The van der Waals surface area contributed by atoms with E-state index in [9.17, 15) is 4.79 Å². The minimum Gasteiger partial charge on any atom is -0.352 e. The van der Waals surface area contributed by atoms with Crippen molar-refractivity contribution in [3.05, 3.63) is 29.4 Å². The molecule has 0 aliphatic carbocycles. The summed E-state index contributed by atoms with van der Waals surface area (Å²) >= 11 is 1.57. The van der Waals surface area contributed by atoms with E-state index in [1.54, 1.807) is 23.7 Å². The van der Waals surface area contributed by atoms with E-state index in [-0.39, 0.29) is 5.91 Å². The van der Waals surface area contributed by atoms with Crippen molar-refractivity contribution in [3.8, 4) is 0 Å². The molecule has 2 rings (SSSR count). The second-order valence-electron chi connectivity index (χ2n) is 3.74. The van der Waals surface area contributed by atoms with Gasteiger partial charge < -0.3 is 10.6 Å². The molecule has 0 saturated heterocycles.